The highest BCUT2D eigenvalue weighted by Crippen LogP contribution is 2.16. The Bertz CT molecular complexity index is 448. The van der Waals surface area contributed by atoms with Crippen LogP contribution in [0.15, 0.2) is 4.99 Å². The van der Waals surface area contributed by atoms with Crippen LogP contribution >= 0.6 is 0 Å². The molecule has 0 aromatic carbocycles. The molecule has 2 unspecified atom stereocenters. The molecule has 1 saturated heterocycles. The van der Waals surface area contributed by atoms with Gasteiger partial charge in [-0.3, -0.25) is 14.6 Å². The standard InChI is InChI=1S/C15H27N5O3/c1-11-5-2-3-8-20(14(11)23)9-13(22)19-12(10-21)6-4-7-18-15(16)17/h10-12H,2-9H2,1H3,(H,19,22)(H4,16,17,18). The Balaban J connectivity index is 2.41. The largest absolute Gasteiger partial charge is 0.370 e. The van der Waals surface area contributed by atoms with E-state index in [0.29, 0.717) is 32.2 Å². The summed E-state index contributed by atoms with van der Waals surface area (Å²) in [4.78, 5) is 40.7. The van der Waals surface area contributed by atoms with E-state index in [1.54, 1.807) is 4.90 Å². The maximum atomic E-state index is 12.1. The fourth-order valence-electron chi connectivity index (χ4n) is 2.57. The van der Waals surface area contributed by atoms with Gasteiger partial charge < -0.3 is 26.5 Å². The Kier molecular flexibility index (Phi) is 8.07. The van der Waals surface area contributed by atoms with Crippen LogP contribution in [0.2, 0.25) is 0 Å². The van der Waals surface area contributed by atoms with Crippen LogP contribution in [0, 0.1) is 5.92 Å². The molecular formula is C15H27N5O3. The summed E-state index contributed by atoms with van der Waals surface area (Å²) in [6.45, 7) is 2.88. The summed E-state index contributed by atoms with van der Waals surface area (Å²) in [6, 6.07) is -0.587. The number of nitrogens with two attached hydrogens (primary N) is 2. The van der Waals surface area contributed by atoms with Gasteiger partial charge in [0.1, 0.15) is 6.29 Å². The second-order valence-corrected chi connectivity index (χ2v) is 5.92. The van der Waals surface area contributed by atoms with Crippen molar-refractivity contribution in [2.24, 2.45) is 22.4 Å². The number of nitrogens with one attached hydrogen (secondary N) is 1. The van der Waals surface area contributed by atoms with Crippen LogP contribution in [0.5, 0.6) is 0 Å². The molecule has 1 aliphatic rings. The highest BCUT2D eigenvalue weighted by Gasteiger charge is 2.25. The number of aliphatic imine (C=N–C) groups is 1. The van der Waals surface area contributed by atoms with Gasteiger partial charge in [-0.25, -0.2) is 0 Å². The molecule has 8 nitrogen and oxygen atoms in total. The van der Waals surface area contributed by atoms with Crippen LogP contribution < -0.4 is 16.8 Å². The molecule has 0 aliphatic carbocycles. The maximum Gasteiger partial charge on any atom is 0.240 e. The number of aldehydes is 1. The number of rotatable bonds is 8. The Labute approximate surface area is 136 Å². The highest BCUT2D eigenvalue weighted by atomic mass is 16.2. The van der Waals surface area contributed by atoms with E-state index in [1.807, 2.05) is 6.92 Å². The van der Waals surface area contributed by atoms with Crippen molar-refractivity contribution in [1.29, 1.82) is 0 Å². The average Bonchev–Trinajstić information content (AvgIpc) is 2.65. The second kappa shape index (κ2) is 9.81. The van der Waals surface area contributed by atoms with Crippen molar-refractivity contribution in [3.05, 3.63) is 0 Å². The molecule has 1 fully saturated rings. The number of amides is 2. The Morgan fingerprint density at radius 1 is 1.48 bits per heavy atom. The smallest absolute Gasteiger partial charge is 0.240 e. The third kappa shape index (κ3) is 7.12. The summed E-state index contributed by atoms with van der Waals surface area (Å²) in [5.74, 6) is -0.350. The van der Waals surface area contributed by atoms with Gasteiger partial charge in [0.2, 0.25) is 11.8 Å². The molecule has 2 amide bonds. The van der Waals surface area contributed by atoms with Crippen LogP contribution in [0.25, 0.3) is 0 Å². The van der Waals surface area contributed by atoms with Crippen LogP contribution in [-0.2, 0) is 14.4 Å². The van der Waals surface area contributed by atoms with Gasteiger partial charge >= 0.3 is 0 Å². The lowest BCUT2D eigenvalue weighted by Crippen LogP contribution is -2.45. The van der Waals surface area contributed by atoms with Crippen molar-refractivity contribution in [2.75, 3.05) is 19.6 Å². The molecule has 1 heterocycles. The zero-order valence-electron chi connectivity index (χ0n) is 13.7. The Morgan fingerprint density at radius 2 is 2.22 bits per heavy atom. The van der Waals surface area contributed by atoms with E-state index in [1.165, 1.54) is 0 Å². The van der Waals surface area contributed by atoms with Gasteiger partial charge in [0.05, 0.1) is 12.6 Å². The topological polar surface area (TPSA) is 131 Å². The molecule has 0 aromatic rings. The quantitative estimate of drug-likeness (QED) is 0.237. The van der Waals surface area contributed by atoms with Crippen LogP contribution in [0.3, 0.4) is 0 Å². The van der Waals surface area contributed by atoms with Gasteiger partial charge in [0.25, 0.3) is 0 Å². The molecule has 0 bridgehead atoms. The van der Waals surface area contributed by atoms with E-state index in [9.17, 15) is 14.4 Å². The molecule has 0 saturated carbocycles. The van der Waals surface area contributed by atoms with E-state index < -0.39 is 6.04 Å². The predicted molar refractivity (Wildman–Crippen MR) is 87.5 cm³/mol. The highest BCUT2D eigenvalue weighted by molar-refractivity contribution is 5.87. The first-order chi connectivity index (χ1) is 10.9. The second-order valence-electron chi connectivity index (χ2n) is 5.92. The fourth-order valence-corrected chi connectivity index (χ4v) is 2.57. The monoisotopic (exact) mass is 325 g/mol. The lowest BCUT2D eigenvalue weighted by Gasteiger charge is -2.23. The third-order valence-electron chi connectivity index (χ3n) is 3.86. The zero-order valence-corrected chi connectivity index (χ0v) is 13.7. The lowest BCUT2D eigenvalue weighted by atomic mass is 10.1. The molecule has 0 radical (unpaired) electrons. The molecule has 0 spiro atoms. The van der Waals surface area contributed by atoms with E-state index in [0.717, 1.165) is 19.3 Å². The molecule has 1 aliphatic heterocycles. The zero-order chi connectivity index (χ0) is 17.2. The van der Waals surface area contributed by atoms with Crippen molar-refractivity contribution in [3.63, 3.8) is 0 Å². The van der Waals surface area contributed by atoms with E-state index in [-0.39, 0.29) is 30.2 Å². The van der Waals surface area contributed by atoms with Gasteiger partial charge in [-0.1, -0.05) is 13.3 Å². The van der Waals surface area contributed by atoms with Crippen molar-refractivity contribution in [3.8, 4) is 0 Å². The normalized spacial score (nSPS) is 19.6. The number of carbonyl (C=O) groups is 3. The number of likely N-dealkylation sites (tertiary alicyclic amines) is 1. The minimum atomic E-state index is -0.587. The number of carbonyl (C=O) groups excluding carboxylic acids is 3. The summed E-state index contributed by atoms with van der Waals surface area (Å²) in [7, 11) is 0. The van der Waals surface area contributed by atoms with E-state index in [2.05, 4.69) is 10.3 Å². The molecule has 8 heteroatoms. The summed E-state index contributed by atoms with van der Waals surface area (Å²) in [5.41, 5.74) is 10.4. The molecule has 0 aromatic heterocycles. The SMILES string of the molecule is CC1CCCCN(CC(=O)NC(C=O)CCCN=C(N)N)C1=O. The summed E-state index contributed by atoms with van der Waals surface area (Å²) in [5, 5.41) is 2.65. The minimum absolute atomic E-state index is 0.00140. The molecule has 5 N–H and O–H groups in total. The maximum absolute atomic E-state index is 12.1. The van der Waals surface area contributed by atoms with Crippen molar-refractivity contribution >= 4 is 24.1 Å². The van der Waals surface area contributed by atoms with Crippen molar-refractivity contribution in [1.82, 2.24) is 10.2 Å². The molecular weight excluding hydrogens is 298 g/mol. The first-order valence-electron chi connectivity index (χ1n) is 8.03. The van der Waals surface area contributed by atoms with Gasteiger partial charge in [-0.15, -0.1) is 0 Å². The summed E-state index contributed by atoms with van der Waals surface area (Å²) < 4.78 is 0. The Hall–Kier alpha value is -2.12. The van der Waals surface area contributed by atoms with Crippen LogP contribution in [0.4, 0.5) is 0 Å². The molecule has 130 valence electrons. The average molecular weight is 325 g/mol. The van der Waals surface area contributed by atoms with E-state index in [4.69, 9.17) is 11.5 Å². The first kappa shape index (κ1) is 18.9. The van der Waals surface area contributed by atoms with Gasteiger partial charge in [0.15, 0.2) is 5.96 Å². The third-order valence-corrected chi connectivity index (χ3v) is 3.86. The lowest BCUT2D eigenvalue weighted by molar-refractivity contribution is -0.138. The van der Waals surface area contributed by atoms with Gasteiger partial charge in [-0.2, -0.15) is 0 Å². The number of nitrogens with zero attached hydrogens (tertiary/aromatic N) is 2. The summed E-state index contributed by atoms with van der Waals surface area (Å²) in [6.07, 6.45) is 4.49. The van der Waals surface area contributed by atoms with Crippen LogP contribution in [-0.4, -0.2) is 54.6 Å². The van der Waals surface area contributed by atoms with Gasteiger partial charge in [-0.05, 0) is 25.7 Å². The van der Waals surface area contributed by atoms with E-state index >= 15 is 0 Å². The first-order valence-corrected chi connectivity index (χ1v) is 8.03. The van der Waals surface area contributed by atoms with Crippen molar-refractivity contribution < 1.29 is 14.4 Å². The fraction of sp³-hybridized carbons (Fsp3) is 0.733. The summed E-state index contributed by atoms with van der Waals surface area (Å²) >= 11 is 0. The number of hydrogen-bond acceptors (Lipinski definition) is 4. The van der Waals surface area contributed by atoms with Crippen LogP contribution in [0.1, 0.15) is 39.0 Å². The molecule has 23 heavy (non-hydrogen) atoms. The van der Waals surface area contributed by atoms with Crippen molar-refractivity contribution in [2.45, 2.75) is 45.1 Å². The number of hydrogen-bond donors (Lipinski definition) is 3. The number of guanidine groups is 1. The van der Waals surface area contributed by atoms with Gasteiger partial charge in [0, 0.05) is 19.0 Å². The predicted octanol–water partition coefficient (Wildman–Crippen LogP) is -0.628. The Morgan fingerprint density at radius 3 is 2.87 bits per heavy atom. The molecule has 2 atom stereocenters. The minimum Gasteiger partial charge on any atom is -0.370 e. The molecule has 1 rings (SSSR count).